The molecule has 0 atom stereocenters. The van der Waals surface area contributed by atoms with Gasteiger partial charge in [-0.25, -0.2) is 0 Å². The third kappa shape index (κ3) is 3.00. The molecule has 1 saturated heterocycles. The number of aromatic nitrogens is 1. The van der Waals surface area contributed by atoms with Gasteiger partial charge in [0.1, 0.15) is 5.69 Å². The van der Waals surface area contributed by atoms with Crippen LogP contribution in [0.25, 0.3) is 0 Å². The van der Waals surface area contributed by atoms with E-state index in [0.29, 0.717) is 11.4 Å². The lowest BCUT2D eigenvalue weighted by molar-refractivity contribution is 0.0908. The first-order valence-electron chi connectivity index (χ1n) is 6.16. The quantitative estimate of drug-likeness (QED) is 0.727. The Morgan fingerprint density at radius 3 is 2.82 bits per heavy atom. The zero-order valence-electron chi connectivity index (χ0n) is 10.2. The van der Waals surface area contributed by atoms with E-state index >= 15 is 0 Å². The first-order valence-corrected chi connectivity index (χ1v) is 6.16. The van der Waals surface area contributed by atoms with Crippen LogP contribution in [0.15, 0.2) is 12.3 Å². The van der Waals surface area contributed by atoms with Crippen molar-refractivity contribution in [1.82, 2.24) is 15.2 Å². The number of amides is 1. The van der Waals surface area contributed by atoms with Crippen LogP contribution in [0.1, 0.15) is 30.3 Å². The summed E-state index contributed by atoms with van der Waals surface area (Å²) < 4.78 is 0. The van der Waals surface area contributed by atoms with Crippen molar-refractivity contribution >= 4 is 11.6 Å². The monoisotopic (exact) mass is 236 g/mol. The smallest absolute Gasteiger partial charge is 0.267 e. The maximum Gasteiger partial charge on any atom is 0.267 e. The topological polar surface area (TPSA) is 74.2 Å². The summed E-state index contributed by atoms with van der Waals surface area (Å²) in [4.78, 5) is 17.1. The Morgan fingerprint density at radius 2 is 2.29 bits per heavy atom. The highest BCUT2D eigenvalue weighted by Crippen LogP contribution is 2.11. The van der Waals surface area contributed by atoms with Crippen LogP contribution in [0.2, 0.25) is 0 Å². The Balaban J connectivity index is 1.84. The summed E-state index contributed by atoms with van der Waals surface area (Å²) in [6.07, 6.45) is 3.68. The van der Waals surface area contributed by atoms with E-state index in [1.54, 1.807) is 12.3 Å². The molecule has 0 spiro atoms. The molecule has 94 valence electrons. The van der Waals surface area contributed by atoms with Gasteiger partial charge in [0.25, 0.3) is 5.91 Å². The standard InChI is InChI=1S/C12H20N4O/c1-2-16-5-3-10(4-6-16)15-12(17)11-7-9(13)8-14-11/h7-8,10,14H,2-6,13H2,1H3,(H,15,17). The number of carbonyl (C=O) groups is 1. The number of nitrogens with one attached hydrogen (secondary N) is 2. The zero-order valence-corrected chi connectivity index (χ0v) is 10.2. The number of H-pyrrole nitrogens is 1. The van der Waals surface area contributed by atoms with Gasteiger partial charge in [0.05, 0.1) is 0 Å². The summed E-state index contributed by atoms with van der Waals surface area (Å²) in [7, 11) is 0. The molecule has 1 aromatic rings. The number of piperidine rings is 1. The van der Waals surface area contributed by atoms with Crippen LogP contribution in [0.3, 0.4) is 0 Å². The largest absolute Gasteiger partial charge is 0.397 e. The van der Waals surface area contributed by atoms with E-state index in [-0.39, 0.29) is 11.9 Å². The number of nitrogens with zero attached hydrogens (tertiary/aromatic N) is 1. The van der Waals surface area contributed by atoms with E-state index in [0.717, 1.165) is 32.5 Å². The van der Waals surface area contributed by atoms with Crippen molar-refractivity contribution in [1.29, 1.82) is 0 Å². The van der Waals surface area contributed by atoms with Gasteiger partial charge < -0.3 is 20.9 Å². The van der Waals surface area contributed by atoms with Gasteiger partial charge >= 0.3 is 0 Å². The molecule has 0 bridgehead atoms. The van der Waals surface area contributed by atoms with Crippen molar-refractivity contribution in [3.05, 3.63) is 18.0 Å². The highest BCUT2D eigenvalue weighted by atomic mass is 16.1. The van der Waals surface area contributed by atoms with E-state index < -0.39 is 0 Å². The summed E-state index contributed by atoms with van der Waals surface area (Å²) in [5.41, 5.74) is 6.70. The minimum absolute atomic E-state index is 0.0587. The Hall–Kier alpha value is -1.49. The van der Waals surface area contributed by atoms with Crippen molar-refractivity contribution in [2.45, 2.75) is 25.8 Å². The number of rotatable bonds is 3. The molecular formula is C12H20N4O. The summed E-state index contributed by atoms with van der Waals surface area (Å²) in [6, 6.07) is 1.95. The summed E-state index contributed by atoms with van der Waals surface area (Å²) >= 11 is 0. The minimum Gasteiger partial charge on any atom is -0.397 e. The van der Waals surface area contributed by atoms with Gasteiger partial charge in [-0.2, -0.15) is 0 Å². The molecule has 1 fully saturated rings. The Bertz CT molecular complexity index is 380. The second kappa shape index (κ2) is 5.23. The Labute approximate surface area is 101 Å². The maximum atomic E-state index is 11.9. The van der Waals surface area contributed by atoms with Gasteiger partial charge in [-0.1, -0.05) is 6.92 Å². The fourth-order valence-electron chi connectivity index (χ4n) is 2.20. The summed E-state index contributed by atoms with van der Waals surface area (Å²) in [5, 5.41) is 3.04. The van der Waals surface area contributed by atoms with E-state index in [9.17, 15) is 4.79 Å². The van der Waals surface area contributed by atoms with Gasteiger partial charge in [0.15, 0.2) is 0 Å². The number of nitrogens with two attached hydrogens (primary N) is 1. The normalized spacial score (nSPS) is 18.2. The average Bonchev–Trinajstić information content (AvgIpc) is 2.77. The van der Waals surface area contributed by atoms with Crippen LogP contribution in [0.4, 0.5) is 5.69 Å². The number of hydrogen-bond acceptors (Lipinski definition) is 3. The number of likely N-dealkylation sites (tertiary alicyclic amines) is 1. The second-order valence-corrected chi connectivity index (χ2v) is 4.53. The lowest BCUT2D eigenvalue weighted by Gasteiger charge is -2.31. The average molecular weight is 236 g/mol. The second-order valence-electron chi connectivity index (χ2n) is 4.53. The summed E-state index contributed by atoms with van der Waals surface area (Å²) in [5.74, 6) is -0.0587. The van der Waals surface area contributed by atoms with Gasteiger partial charge in [0.2, 0.25) is 0 Å². The van der Waals surface area contributed by atoms with Crippen LogP contribution in [0.5, 0.6) is 0 Å². The molecule has 0 radical (unpaired) electrons. The van der Waals surface area contributed by atoms with E-state index in [1.165, 1.54) is 0 Å². The molecule has 5 nitrogen and oxygen atoms in total. The van der Waals surface area contributed by atoms with Crippen molar-refractivity contribution < 1.29 is 4.79 Å². The molecular weight excluding hydrogens is 216 g/mol. The minimum atomic E-state index is -0.0587. The Morgan fingerprint density at radius 1 is 1.59 bits per heavy atom. The maximum absolute atomic E-state index is 11.9. The molecule has 0 aromatic carbocycles. The molecule has 17 heavy (non-hydrogen) atoms. The molecule has 1 aliphatic heterocycles. The number of anilines is 1. The van der Waals surface area contributed by atoms with Crippen LogP contribution < -0.4 is 11.1 Å². The molecule has 2 heterocycles. The van der Waals surface area contributed by atoms with Crippen molar-refractivity contribution in [2.24, 2.45) is 0 Å². The van der Waals surface area contributed by atoms with Crippen molar-refractivity contribution in [3.8, 4) is 0 Å². The number of carbonyl (C=O) groups excluding carboxylic acids is 1. The third-order valence-electron chi connectivity index (χ3n) is 3.32. The number of hydrogen-bond donors (Lipinski definition) is 3. The molecule has 1 aliphatic rings. The van der Waals surface area contributed by atoms with Gasteiger partial charge in [-0.05, 0) is 25.5 Å². The predicted octanol–water partition coefficient (Wildman–Crippen LogP) is 0.811. The van der Waals surface area contributed by atoms with Crippen LogP contribution in [-0.4, -0.2) is 41.5 Å². The molecule has 0 saturated carbocycles. The zero-order chi connectivity index (χ0) is 12.3. The molecule has 4 N–H and O–H groups in total. The van der Waals surface area contributed by atoms with Gasteiger partial charge in [-0.15, -0.1) is 0 Å². The molecule has 5 heteroatoms. The molecule has 0 aliphatic carbocycles. The van der Waals surface area contributed by atoms with Gasteiger partial charge in [-0.3, -0.25) is 4.79 Å². The predicted molar refractivity (Wildman–Crippen MR) is 67.8 cm³/mol. The van der Waals surface area contributed by atoms with Crippen molar-refractivity contribution in [3.63, 3.8) is 0 Å². The molecule has 2 rings (SSSR count). The number of nitrogen functional groups attached to an aromatic ring is 1. The molecule has 1 aromatic heterocycles. The molecule has 1 amide bonds. The SMILES string of the molecule is CCN1CCC(NC(=O)c2cc(N)c[nH]2)CC1. The van der Waals surface area contributed by atoms with Gasteiger partial charge in [0, 0.05) is 31.0 Å². The van der Waals surface area contributed by atoms with Crippen LogP contribution >= 0.6 is 0 Å². The fourth-order valence-corrected chi connectivity index (χ4v) is 2.20. The number of aromatic amines is 1. The lowest BCUT2D eigenvalue weighted by Crippen LogP contribution is -2.44. The van der Waals surface area contributed by atoms with Crippen molar-refractivity contribution in [2.75, 3.05) is 25.4 Å². The molecule has 0 unspecified atom stereocenters. The fraction of sp³-hybridized carbons (Fsp3) is 0.583. The van der Waals surface area contributed by atoms with E-state index in [4.69, 9.17) is 5.73 Å². The summed E-state index contributed by atoms with van der Waals surface area (Å²) in [6.45, 7) is 5.39. The van der Waals surface area contributed by atoms with E-state index in [1.807, 2.05) is 0 Å². The van der Waals surface area contributed by atoms with Crippen LogP contribution in [0, 0.1) is 0 Å². The van der Waals surface area contributed by atoms with Crippen LogP contribution in [-0.2, 0) is 0 Å². The first kappa shape index (κ1) is 12.0. The first-order chi connectivity index (χ1) is 8.19. The lowest BCUT2D eigenvalue weighted by atomic mass is 10.1. The highest BCUT2D eigenvalue weighted by molar-refractivity contribution is 5.93. The van der Waals surface area contributed by atoms with E-state index in [2.05, 4.69) is 22.1 Å². The highest BCUT2D eigenvalue weighted by Gasteiger charge is 2.20. The third-order valence-corrected chi connectivity index (χ3v) is 3.32. The Kier molecular flexibility index (Phi) is 3.68.